The number of carbonyl (C=O) groups excluding carboxylic acids is 1. The SMILES string of the molecule is COC(=O)c1ccc(C)c(-n2nc(B3OC(C)(C)C(C)(C)O3)cc(C)c2=O)c1. The van der Waals surface area contributed by atoms with E-state index in [1.807, 2.05) is 34.6 Å². The minimum Gasteiger partial charge on any atom is -0.465 e. The van der Waals surface area contributed by atoms with E-state index >= 15 is 0 Å². The summed E-state index contributed by atoms with van der Waals surface area (Å²) in [5, 5.41) is 4.51. The summed E-state index contributed by atoms with van der Waals surface area (Å²) >= 11 is 0. The standard InChI is InChI=1S/C20H25BN2O5/c1-12-8-9-14(18(25)26-7)11-15(12)23-17(24)13(2)10-16(22-23)21-27-19(3,4)20(5,6)28-21/h8-11H,1-7H3. The first-order chi connectivity index (χ1) is 13.0. The molecule has 0 radical (unpaired) electrons. The molecule has 2 aromatic rings. The number of nitrogens with zero attached hydrogens (tertiary/aromatic N) is 2. The molecule has 148 valence electrons. The zero-order valence-corrected chi connectivity index (χ0v) is 17.3. The molecule has 3 rings (SSSR count). The van der Waals surface area contributed by atoms with E-state index in [0.717, 1.165) is 5.56 Å². The fourth-order valence-electron chi connectivity index (χ4n) is 2.97. The maximum atomic E-state index is 12.8. The lowest BCUT2D eigenvalue weighted by Gasteiger charge is -2.32. The normalized spacial score (nSPS) is 17.6. The molecule has 0 spiro atoms. The van der Waals surface area contributed by atoms with Crippen molar-refractivity contribution in [3.8, 4) is 5.69 Å². The summed E-state index contributed by atoms with van der Waals surface area (Å²) in [6, 6.07) is 6.69. The zero-order chi connectivity index (χ0) is 20.9. The zero-order valence-electron chi connectivity index (χ0n) is 17.3. The monoisotopic (exact) mass is 384 g/mol. The molecule has 0 saturated carbocycles. The fourth-order valence-corrected chi connectivity index (χ4v) is 2.97. The van der Waals surface area contributed by atoms with Crippen LogP contribution in [-0.4, -0.2) is 41.2 Å². The summed E-state index contributed by atoms with van der Waals surface area (Å²) in [5.41, 5.74) is 1.34. The van der Waals surface area contributed by atoms with Crippen LogP contribution >= 0.6 is 0 Å². The van der Waals surface area contributed by atoms with Gasteiger partial charge in [0.2, 0.25) is 0 Å². The van der Waals surface area contributed by atoms with E-state index in [1.165, 1.54) is 11.8 Å². The Hall–Kier alpha value is -2.45. The molecule has 8 heteroatoms. The number of hydrogen-bond donors (Lipinski definition) is 0. The molecular formula is C20H25BN2O5. The Morgan fingerprint density at radius 3 is 2.25 bits per heavy atom. The number of rotatable bonds is 3. The number of aromatic nitrogens is 2. The largest absolute Gasteiger partial charge is 0.516 e. The Balaban J connectivity index is 2.12. The van der Waals surface area contributed by atoms with Crippen molar-refractivity contribution >= 4 is 18.7 Å². The molecule has 1 aliphatic heterocycles. The van der Waals surface area contributed by atoms with Crippen LogP contribution in [0.5, 0.6) is 0 Å². The molecule has 1 fully saturated rings. The molecule has 0 bridgehead atoms. The number of carbonyl (C=O) groups is 1. The second kappa shape index (κ2) is 6.86. The van der Waals surface area contributed by atoms with Gasteiger partial charge in [0.05, 0.1) is 35.2 Å². The third kappa shape index (κ3) is 3.38. The molecule has 1 aromatic heterocycles. The van der Waals surface area contributed by atoms with Crippen LogP contribution in [0.3, 0.4) is 0 Å². The first-order valence-electron chi connectivity index (χ1n) is 9.13. The van der Waals surface area contributed by atoms with Gasteiger partial charge in [0.15, 0.2) is 0 Å². The predicted octanol–water partition coefficient (Wildman–Crippen LogP) is 1.94. The van der Waals surface area contributed by atoms with Crippen molar-refractivity contribution in [3.63, 3.8) is 0 Å². The number of methoxy groups -OCH3 is 1. The number of ether oxygens (including phenoxy) is 1. The summed E-state index contributed by atoms with van der Waals surface area (Å²) in [6.07, 6.45) is 0. The smallest absolute Gasteiger partial charge is 0.465 e. The van der Waals surface area contributed by atoms with E-state index in [4.69, 9.17) is 14.0 Å². The van der Waals surface area contributed by atoms with Crippen molar-refractivity contribution in [1.82, 2.24) is 9.78 Å². The van der Waals surface area contributed by atoms with Gasteiger partial charge >= 0.3 is 13.1 Å². The second-order valence-corrected chi connectivity index (χ2v) is 8.05. The van der Waals surface area contributed by atoms with E-state index in [2.05, 4.69) is 5.10 Å². The molecule has 0 unspecified atom stereocenters. The second-order valence-electron chi connectivity index (χ2n) is 8.05. The summed E-state index contributed by atoms with van der Waals surface area (Å²) in [6.45, 7) is 11.4. The molecule has 0 N–H and O–H groups in total. The van der Waals surface area contributed by atoms with E-state index in [1.54, 1.807) is 31.2 Å². The predicted molar refractivity (Wildman–Crippen MR) is 106 cm³/mol. The van der Waals surface area contributed by atoms with Crippen LogP contribution < -0.4 is 11.2 Å². The van der Waals surface area contributed by atoms with Crippen LogP contribution in [0, 0.1) is 13.8 Å². The van der Waals surface area contributed by atoms with Crippen LogP contribution in [0.4, 0.5) is 0 Å². The van der Waals surface area contributed by atoms with Crippen LogP contribution in [0.2, 0.25) is 0 Å². The highest BCUT2D eigenvalue weighted by Gasteiger charge is 2.52. The maximum absolute atomic E-state index is 12.8. The average Bonchev–Trinajstić information content (AvgIpc) is 2.84. The third-order valence-electron chi connectivity index (χ3n) is 5.46. The summed E-state index contributed by atoms with van der Waals surface area (Å²) < 4.78 is 18.2. The minimum absolute atomic E-state index is 0.273. The Kier molecular flexibility index (Phi) is 4.97. The van der Waals surface area contributed by atoms with Crippen molar-refractivity contribution < 1.29 is 18.8 Å². The first kappa shape index (κ1) is 20.3. The molecular weight excluding hydrogens is 359 g/mol. The highest BCUT2D eigenvalue weighted by atomic mass is 16.7. The molecule has 1 saturated heterocycles. The van der Waals surface area contributed by atoms with Crippen molar-refractivity contribution in [2.24, 2.45) is 0 Å². The van der Waals surface area contributed by atoms with Gasteiger partial charge in [-0.2, -0.15) is 9.78 Å². The van der Waals surface area contributed by atoms with Gasteiger partial charge < -0.3 is 14.0 Å². The molecule has 2 heterocycles. The Morgan fingerprint density at radius 1 is 1.07 bits per heavy atom. The molecule has 0 amide bonds. The van der Waals surface area contributed by atoms with E-state index in [-0.39, 0.29) is 5.56 Å². The number of esters is 1. The Labute approximate surface area is 164 Å². The highest BCUT2D eigenvalue weighted by Crippen LogP contribution is 2.36. The number of hydrogen-bond acceptors (Lipinski definition) is 6. The Bertz CT molecular complexity index is 981. The highest BCUT2D eigenvalue weighted by molar-refractivity contribution is 6.61. The maximum Gasteiger partial charge on any atom is 0.516 e. The number of aryl methyl sites for hydroxylation is 2. The van der Waals surface area contributed by atoms with Crippen molar-refractivity contribution in [1.29, 1.82) is 0 Å². The van der Waals surface area contributed by atoms with Crippen LogP contribution in [0.15, 0.2) is 29.1 Å². The lowest BCUT2D eigenvalue weighted by molar-refractivity contribution is 0.00578. The molecule has 1 aromatic carbocycles. The van der Waals surface area contributed by atoms with Crippen LogP contribution in [0.1, 0.15) is 49.2 Å². The van der Waals surface area contributed by atoms with Crippen molar-refractivity contribution in [2.75, 3.05) is 7.11 Å². The van der Waals surface area contributed by atoms with Gasteiger partial charge in [-0.3, -0.25) is 4.79 Å². The van der Waals surface area contributed by atoms with Gasteiger partial charge in [-0.15, -0.1) is 0 Å². The summed E-state index contributed by atoms with van der Waals surface area (Å²) in [4.78, 5) is 24.7. The van der Waals surface area contributed by atoms with Crippen molar-refractivity contribution in [3.05, 3.63) is 51.3 Å². The quantitative estimate of drug-likeness (QED) is 0.595. The van der Waals surface area contributed by atoms with Gasteiger partial charge in [0, 0.05) is 5.56 Å². The third-order valence-corrected chi connectivity index (χ3v) is 5.46. The van der Waals surface area contributed by atoms with E-state index in [0.29, 0.717) is 22.4 Å². The van der Waals surface area contributed by atoms with Gasteiger partial charge in [-0.25, -0.2) is 4.79 Å². The number of benzene rings is 1. The van der Waals surface area contributed by atoms with E-state index < -0.39 is 24.3 Å². The summed E-state index contributed by atoms with van der Waals surface area (Å²) in [5.74, 6) is -0.479. The van der Waals surface area contributed by atoms with Gasteiger partial charge in [0.1, 0.15) is 0 Å². The van der Waals surface area contributed by atoms with Crippen LogP contribution in [-0.2, 0) is 14.0 Å². The van der Waals surface area contributed by atoms with Gasteiger partial charge in [-0.05, 0) is 65.3 Å². The lowest BCUT2D eigenvalue weighted by Crippen LogP contribution is -2.42. The summed E-state index contributed by atoms with van der Waals surface area (Å²) in [7, 11) is 0.620. The van der Waals surface area contributed by atoms with Crippen molar-refractivity contribution in [2.45, 2.75) is 52.7 Å². The fraction of sp³-hybridized carbons (Fsp3) is 0.450. The topological polar surface area (TPSA) is 79.7 Å². The van der Waals surface area contributed by atoms with Crippen LogP contribution in [0.25, 0.3) is 5.69 Å². The average molecular weight is 384 g/mol. The molecule has 28 heavy (non-hydrogen) atoms. The van der Waals surface area contributed by atoms with Gasteiger partial charge in [-0.1, -0.05) is 6.07 Å². The minimum atomic E-state index is -0.695. The van der Waals surface area contributed by atoms with Gasteiger partial charge in [0.25, 0.3) is 5.56 Å². The lowest BCUT2D eigenvalue weighted by atomic mass is 9.84. The molecule has 7 nitrogen and oxygen atoms in total. The van der Waals surface area contributed by atoms with E-state index in [9.17, 15) is 9.59 Å². The first-order valence-corrected chi connectivity index (χ1v) is 9.13. The Morgan fingerprint density at radius 2 is 1.68 bits per heavy atom. The molecule has 1 aliphatic rings. The molecule has 0 atom stereocenters. The molecule has 0 aliphatic carbocycles.